The maximum atomic E-state index is 12.4. The van der Waals surface area contributed by atoms with E-state index in [1.54, 1.807) is 10.9 Å². The van der Waals surface area contributed by atoms with E-state index in [4.69, 9.17) is 0 Å². The maximum absolute atomic E-state index is 12.4. The molecule has 0 radical (unpaired) electrons. The lowest BCUT2D eigenvalue weighted by atomic mass is 10.00. The van der Waals surface area contributed by atoms with Crippen LogP contribution in [-0.4, -0.2) is 31.4 Å². The molecule has 0 aliphatic carbocycles. The van der Waals surface area contributed by atoms with E-state index in [1.807, 2.05) is 14.0 Å². The molecule has 3 aromatic rings. The molecular weight excluding hydrogens is 358 g/mol. The summed E-state index contributed by atoms with van der Waals surface area (Å²) in [6.45, 7) is 6.43. The van der Waals surface area contributed by atoms with Crippen molar-refractivity contribution in [3.8, 4) is 0 Å². The van der Waals surface area contributed by atoms with Gasteiger partial charge in [-0.05, 0) is 30.4 Å². The normalized spacial score (nSPS) is 12.5. The summed E-state index contributed by atoms with van der Waals surface area (Å²) in [5, 5.41) is 8.89. The van der Waals surface area contributed by atoms with Gasteiger partial charge < -0.3 is 5.32 Å². The Bertz CT molecular complexity index is 920. The molecule has 1 aromatic carbocycles. The first-order valence-corrected chi connectivity index (χ1v) is 10.1. The molecule has 0 saturated carbocycles. The number of fused-ring (bicyclic) bond motifs is 1. The van der Waals surface area contributed by atoms with E-state index in [0.29, 0.717) is 11.7 Å². The lowest BCUT2D eigenvalue weighted by molar-refractivity contribution is -0.119. The zero-order valence-electron chi connectivity index (χ0n) is 16.1. The van der Waals surface area contributed by atoms with Crippen molar-refractivity contribution in [3.05, 3.63) is 47.9 Å². The highest BCUT2D eigenvalue weighted by Crippen LogP contribution is 2.24. The van der Waals surface area contributed by atoms with Gasteiger partial charge in [0.2, 0.25) is 5.91 Å². The van der Waals surface area contributed by atoms with Gasteiger partial charge in [0.25, 0.3) is 0 Å². The molecule has 2 heterocycles. The lowest BCUT2D eigenvalue weighted by Gasteiger charge is -2.15. The number of amides is 1. The van der Waals surface area contributed by atoms with Crippen LogP contribution in [0.2, 0.25) is 0 Å². The molecule has 2 aromatic heterocycles. The number of carbonyl (C=O) groups excluding carboxylic acids is 1. The minimum atomic E-state index is -0.0324. The van der Waals surface area contributed by atoms with E-state index in [2.05, 4.69) is 58.5 Å². The van der Waals surface area contributed by atoms with E-state index in [1.165, 1.54) is 23.7 Å². The summed E-state index contributed by atoms with van der Waals surface area (Å²) in [5.74, 6) is 0.920. The van der Waals surface area contributed by atoms with Gasteiger partial charge in [-0.3, -0.25) is 9.48 Å². The first kappa shape index (κ1) is 19.4. The summed E-state index contributed by atoms with van der Waals surface area (Å²) in [6.07, 6.45) is 4.31. The van der Waals surface area contributed by atoms with Crippen molar-refractivity contribution in [2.24, 2.45) is 13.0 Å². The molecule has 1 amide bonds. The Labute approximate surface area is 163 Å². The Kier molecular flexibility index (Phi) is 6.11. The number of nitrogens with zero attached hydrogens (tertiary/aromatic N) is 4. The Morgan fingerprint density at radius 3 is 2.63 bits per heavy atom. The van der Waals surface area contributed by atoms with Gasteiger partial charge in [0.1, 0.15) is 11.4 Å². The lowest BCUT2D eigenvalue weighted by Crippen LogP contribution is -2.28. The van der Waals surface area contributed by atoms with E-state index in [-0.39, 0.29) is 11.9 Å². The third-order valence-electron chi connectivity index (χ3n) is 4.33. The summed E-state index contributed by atoms with van der Waals surface area (Å²) in [7, 11) is 1.84. The fraction of sp³-hybridized carbons (Fsp3) is 0.400. The second-order valence-corrected chi connectivity index (χ2v) is 8.07. The number of nitrogens with one attached hydrogen (secondary N) is 1. The first-order valence-electron chi connectivity index (χ1n) is 9.07. The number of rotatable bonds is 7. The Hall–Kier alpha value is -2.41. The van der Waals surface area contributed by atoms with Crippen LogP contribution in [0.3, 0.4) is 0 Å². The number of hydrogen-bond donors (Lipinski definition) is 1. The fourth-order valence-corrected chi connectivity index (χ4v) is 3.74. The van der Waals surface area contributed by atoms with E-state index in [9.17, 15) is 4.79 Å². The molecule has 0 aliphatic heterocycles. The summed E-state index contributed by atoms with van der Waals surface area (Å²) >= 11 is 1.40. The number of aryl methyl sites for hydroxylation is 1. The van der Waals surface area contributed by atoms with Crippen molar-refractivity contribution in [1.82, 2.24) is 25.1 Å². The number of carbonyl (C=O) groups is 1. The van der Waals surface area contributed by atoms with Crippen LogP contribution < -0.4 is 5.32 Å². The largest absolute Gasteiger partial charge is 0.349 e. The van der Waals surface area contributed by atoms with Crippen molar-refractivity contribution >= 4 is 28.7 Å². The van der Waals surface area contributed by atoms with Crippen LogP contribution in [0.15, 0.2) is 41.8 Å². The van der Waals surface area contributed by atoms with Gasteiger partial charge in [-0.15, -0.1) is 0 Å². The standard InChI is InChI=1S/C20H25N5OS/c1-13(2)9-15-5-7-16(8-6-15)14(3)24-18(26)11-27-20-17-10-23-25(4)19(17)21-12-22-20/h5-8,10,12-14H,9,11H2,1-4H3,(H,24,26). The highest BCUT2D eigenvalue weighted by Gasteiger charge is 2.13. The summed E-state index contributed by atoms with van der Waals surface area (Å²) in [4.78, 5) is 20.9. The minimum Gasteiger partial charge on any atom is -0.349 e. The van der Waals surface area contributed by atoms with Gasteiger partial charge >= 0.3 is 0 Å². The molecular formula is C20H25N5OS. The molecule has 1 unspecified atom stereocenters. The molecule has 142 valence electrons. The third-order valence-corrected chi connectivity index (χ3v) is 5.34. The van der Waals surface area contributed by atoms with Crippen LogP contribution in [0.25, 0.3) is 11.0 Å². The molecule has 0 saturated heterocycles. The second-order valence-electron chi connectivity index (χ2n) is 7.10. The summed E-state index contributed by atoms with van der Waals surface area (Å²) < 4.78 is 1.70. The molecule has 0 spiro atoms. The van der Waals surface area contributed by atoms with Crippen LogP contribution in [0.4, 0.5) is 0 Å². The first-order chi connectivity index (χ1) is 12.9. The van der Waals surface area contributed by atoms with Crippen LogP contribution in [0, 0.1) is 5.92 Å². The highest BCUT2D eigenvalue weighted by molar-refractivity contribution is 8.00. The zero-order chi connectivity index (χ0) is 19.4. The summed E-state index contributed by atoms with van der Waals surface area (Å²) in [6, 6.07) is 8.45. The van der Waals surface area contributed by atoms with Crippen LogP contribution in [0.1, 0.15) is 37.9 Å². The Balaban J connectivity index is 1.57. The van der Waals surface area contributed by atoms with Gasteiger partial charge in [-0.25, -0.2) is 9.97 Å². The van der Waals surface area contributed by atoms with E-state index in [0.717, 1.165) is 28.0 Å². The summed E-state index contributed by atoms with van der Waals surface area (Å²) in [5.41, 5.74) is 3.20. The molecule has 27 heavy (non-hydrogen) atoms. The topological polar surface area (TPSA) is 72.7 Å². The van der Waals surface area contributed by atoms with Gasteiger partial charge in [0.05, 0.1) is 23.4 Å². The predicted octanol–water partition coefficient (Wildman–Crippen LogP) is 3.53. The quantitative estimate of drug-likeness (QED) is 0.499. The number of aromatic nitrogens is 4. The van der Waals surface area contributed by atoms with Crippen LogP contribution >= 0.6 is 11.8 Å². The number of hydrogen-bond acceptors (Lipinski definition) is 5. The van der Waals surface area contributed by atoms with Crippen molar-refractivity contribution < 1.29 is 4.79 Å². The van der Waals surface area contributed by atoms with Crippen molar-refractivity contribution in [3.63, 3.8) is 0 Å². The molecule has 1 N–H and O–H groups in total. The molecule has 0 bridgehead atoms. The van der Waals surface area contributed by atoms with Crippen molar-refractivity contribution in [1.29, 1.82) is 0 Å². The zero-order valence-corrected chi connectivity index (χ0v) is 17.0. The fourth-order valence-electron chi connectivity index (χ4n) is 2.97. The average Bonchev–Trinajstić information content (AvgIpc) is 3.02. The smallest absolute Gasteiger partial charge is 0.230 e. The van der Waals surface area contributed by atoms with Crippen LogP contribution in [0.5, 0.6) is 0 Å². The monoisotopic (exact) mass is 383 g/mol. The van der Waals surface area contributed by atoms with Gasteiger partial charge in [0, 0.05) is 7.05 Å². The number of benzene rings is 1. The van der Waals surface area contributed by atoms with Crippen molar-refractivity contribution in [2.45, 2.75) is 38.3 Å². The van der Waals surface area contributed by atoms with Gasteiger partial charge in [-0.2, -0.15) is 5.10 Å². The second kappa shape index (κ2) is 8.52. The predicted molar refractivity (Wildman–Crippen MR) is 109 cm³/mol. The molecule has 3 rings (SSSR count). The number of thioether (sulfide) groups is 1. The average molecular weight is 384 g/mol. The van der Waals surface area contributed by atoms with Gasteiger partial charge in [-0.1, -0.05) is 49.9 Å². The highest BCUT2D eigenvalue weighted by atomic mass is 32.2. The molecule has 1 atom stereocenters. The molecule has 0 aliphatic rings. The van der Waals surface area contributed by atoms with Crippen molar-refractivity contribution in [2.75, 3.05) is 5.75 Å². The third kappa shape index (κ3) is 4.86. The van der Waals surface area contributed by atoms with Crippen LogP contribution in [-0.2, 0) is 18.3 Å². The van der Waals surface area contributed by atoms with E-state index < -0.39 is 0 Å². The Morgan fingerprint density at radius 1 is 1.19 bits per heavy atom. The Morgan fingerprint density at radius 2 is 1.93 bits per heavy atom. The molecule has 0 fully saturated rings. The minimum absolute atomic E-state index is 0.0191. The van der Waals surface area contributed by atoms with Gasteiger partial charge in [0.15, 0.2) is 5.65 Å². The maximum Gasteiger partial charge on any atom is 0.230 e. The van der Waals surface area contributed by atoms with E-state index >= 15 is 0 Å². The molecule has 6 nitrogen and oxygen atoms in total. The SMILES string of the molecule is CC(C)Cc1ccc(C(C)NC(=O)CSc2ncnc3c2cnn3C)cc1. The molecule has 7 heteroatoms.